The number of nitrogens with one attached hydrogen (secondary N) is 4. The lowest BCUT2D eigenvalue weighted by Crippen LogP contribution is -2.36. The molecule has 44 heavy (non-hydrogen) atoms. The standard InChI is InChI=1S/C34H40N4O4S2/c1-15-21(7-9-31(39)40)27-13-28-22(8-10-32(41)42)16(2)25(36-28)14-30-34(20(6)44-34)18(4)26(38-30)12-29-33(19(5)43)17(3)24(37-29)11-23(15)35-27/h11-14,19-20,30,35-38,43H,7-10H2,1-6H3,(H,39,40)(H,41,42)/b24-11-,25-14-,28-13-,29-12-/t19-,20?,30?,34+/m0/s1. The average molecular weight is 633 g/mol. The maximum absolute atomic E-state index is 11.6. The van der Waals surface area contributed by atoms with Gasteiger partial charge in [0.1, 0.15) is 0 Å². The number of carboxylic acid groups (broad SMARTS) is 2. The quantitative estimate of drug-likeness (QED) is 0.158. The van der Waals surface area contributed by atoms with Crippen LogP contribution in [-0.2, 0) is 22.4 Å². The number of hydrogen-bond acceptors (Lipinski definition) is 5. The van der Waals surface area contributed by atoms with E-state index in [1.165, 1.54) is 5.57 Å². The zero-order valence-corrected chi connectivity index (χ0v) is 27.6. The van der Waals surface area contributed by atoms with Gasteiger partial charge in [-0.05, 0) is 111 Å². The molecule has 8 nitrogen and oxygen atoms in total. The van der Waals surface area contributed by atoms with Gasteiger partial charge in [0.15, 0.2) is 0 Å². The lowest BCUT2D eigenvalue weighted by molar-refractivity contribution is -0.138. The van der Waals surface area contributed by atoms with E-state index in [2.05, 4.69) is 73.1 Å². The van der Waals surface area contributed by atoms with Crippen LogP contribution in [0.4, 0.5) is 0 Å². The molecule has 1 spiro atoms. The number of aromatic amines is 3. The predicted octanol–water partition coefficient (Wildman–Crippen LogP) is 2.97. The van der Waals surface area contributed by atoms with Gasteiger partial charge in [-0.25, -0.2) is 0 Å². The molecule has 2 unspecified atom stereocenters. The van der Waals surface area contributed by atoms with Gasteiger partial charge in [0.25, 0.3) is 0 Å². The molecule has 0 aliphatic carbocycles. The summed E-state index contributed by atoms with van der Waals surface area (Å²) in [5, 5.41) is 27.2. The van der Waals surface area contributed by atoms with Crippen molar-refractivity contribution in [3.8, 4) is 0 Å². The maximum atomic E-state index is 11.6. The number of aliphatic carboxylic acids is 2. The number of thiol groups is 1. The first-order valence-corrected chi connectivity index (χ1v) is 16.5. The zero-order chi connectivity index (χ0) is 31.7. The van der Waals surface area contributed by atoms with E-state index >= 15 is 0 Å². The highest BCUT2D eigenvalue weighted by Crippen LogP contribution is 2.63. The topological polar surface area (TPSA) is 134 Å². The number of rotatable bonds is 7. The average Bonchev–Trinajstić information content (AvgIpc) is 3.08. The number of H-pyrrole nitrogens is 3. The van der Waals surface area contributed by atoms with Crippen molar-refractivity contribution in [1.29, 1.82) is 0 Å². The first-order chi connectivity index (χ1) is 20.8. The molecule has 3 aromatic rings. The Bertz CT molecular complexity index is 1990. The van der Waals surface area contributed by atoms with Crippen molar-refractivity contribution in [2.75, 3.05) is 0 Å². The molecule has 3 aromatic heterocycles. The summed E-state index contributed by atoms with van der Waals surface area (Å²) in [6, 6.07) is 0.0450. The van der Waals surface area contributed by atoms with Crippen molar-refractivity contribution in [2.24, 2.45) is 0 Å². The second-order valence-corrected chi connectivity index (χ2v) is 14.8. The number of allylic oxidation sites excluding steroid dienone is 1. The van der Waals surface area contributed by atoms with E-state index in [9.17, 15) is 19.8 Å². The number of aromatic nitrogens is 3. The van der Waals surface area contributed by atoms with E-state index in [0.29, 0.717) is 18.1 Å². The molecule has 6 heterocycles. The van der Waals surface area contributed by atoms with Gasteiger partial charge >= 0.3 is 11.9 Å². The van der Waals surface area contributed by atoms with E-state index in [-0.39, 0.29) is 28.9 Å². The van der Waals surface area contributed by atoms with Gasteiger partial charge in [0, 0.05) is 61.8 Å². The number of carboxylic acids is 2. The molecule has 0 saturated carbocycles. The summed E-state index contributed by atoms with van der Waals surface area (Å²) in [7, 11) is 0. The van der Waals surface area contributed by atoms with Crippen LogP contribution in [-0.4, -0.2) is 53.1 Å². The Morgan fingerprint density at radius 1 is 0.864 bits per heavy atom. The van der Waals surface area contributed by atoms with Crippen LogP contribution < -0.4 is 26.7 Å². The first-order valence-electron chi connectivity index (χ1n) is 15.1. The Morgan fingerprint density at radius 2 is 1.48 bits per heavy atom. The summed E-state index contributed by atoms with van der Waals surface area (Å²) in [5.41, 5.74) is 10.4. The van der Waals surface area contributed by atoms with Crippen LogP contribution >= 0.6 is 24.4 Å². The first kappa shape index (κ1) is 30.5. The third-order valence-electron chi connectivity index (χ3n) is 9.75. The Morgan fingerprint density at radius 3 is 2.09 bits per heavy atom. The van der Waals surface area contributed by atoms with Gasteiger partial charge in [-0.1, -0.05) is 6.92 Å². The highest BCUT2D eigenvalue weighted by Gasteiger charge is 2.62. The Labute approximate surface area is 265 Å². The van der Waals surface area contributed by atoms with Crippen molar-refractivity contribution in [1.82, 2.24) is 20.3 Å². The highest BCUT2D eigenvalue weighted by molar-refractivity contribution is 8.09. The minimum absolute atomic E-state index is 0.00925. The maximum Gasteiger partial charge on any atom is 0.303 e. The van der Waals surface area contributed by atoms with E-state index < -0.39 is 11.9 Å². The van der Waals surface area contributed by atoms with E-state index in [0.717, 1.165) is 71.9 Å². The molecule has 3 aliphatic rings. The molecular formula is C34H40N4O4S2. The lowest BCUT2D eigenvalue weighted by Gasteiger charge is -2.16. The SMILES string of the molecule is CC1=C2/C=c3\[nH]/c(c(C)c3[C@H](C)S)=C\c3[nH]c(c(CCC(=O)O)c3C)/C=c3\[nH]/c(c(C)c3CCC(=O)O)=C\C(N2)[C@@]12SC2C. The zero-order valence-electron chi connectivity index (χ0n) is 25.9. The fourth-order valence-corrected chi connectivity index (χ4v) is 8.93. The molecule has 0 aromatic carbocycles. The van der Waals surface area contributed by atoms with Crippen LogP contribution in [0.25, 0.3) is 24.3 Å². The largest absolute Gasteiger partial charge is 0.481 e. The second-order valence-electron chi connectivity index (χ2n) is 12.4. The third-order valence-corrected chi connectivity index (χ3v) is 11.8. The Balaban J connectivity index is 1.69. The van der Waals surface area contributed by atoms with Crippen molar-refractivity contribution in [2.45, 2.75) is 88.5 Å². The van der Waals surface area contributed by atoms with Crippen molar-refractivity contribution in [3.63, 3.8) is 0 Å². The van der Waals surface area contributed by atoms with E-state index in [4.69, 9.17) is 12.6 Å². The summed E-state index contributed by atoms with van der Waals surface area (Å²) in [4.78, 5) is 34.1. The van der Waals surface area contributed by atoms with Crippen LogP contribution in [0.2, 0.25) is 0 Å². The summed E-state index contributed by atoms with van der Waals surface area (Å²) < 4.78 is -0.0547. The minimum Gasteiger partial charge on any atom is -0.481 e. The molecule has 6 N–H and O–H groups in total. The fourth-order valence-electron chi connectivity index (χ4n) is 7.19. The lowest BCUT2D eigenvalue weighted by atomic mass is 9.92. The summed E-state index contributed by atoms with van der Waals surface area (Å²) in [6.07, 6.45) is 9.41. The van der Waals surface area contributed by atoms with Gasteiger partial charge < -0.3 is 30.5 Å². The molecule has 4 atom stereocenters. The Hall–Kier alpha value is -3.50. The molecule has 1 fully saturated rings. The summed E-state index contributed by atoms with van der Waals surface area (Å²) >= 11 is 6.83. The normalized spacial score (nSPS) is 25.6. The monoisotopic (exact) mass is 632 g/mol. The second kappa shape index (κ2) is 11.1. The fraction of sp³-hybridized carbons (Fsp3) is 0.412. The van der Waals surface area contributed by atoms with Gasteiger partial charge in [-0.3, -0.25) is 9.59 Å². The molecule has 8 bridgehead atoms. The number of carbonyl (C=O) groups is 2. The molecule has 3 aliphatic heterocycles. The Kier molecular flexibility index (Phi) is 7.73. The summed E-state index contributed by atoms with van der Waals surface area (Å²) in [5.74, 6) is -1.69. The molecule has 232 valence electrons. The summed E-state index contributed by atoms with van der Waals surface area (Å²) in [6.45, 7) is 12.8. The molecular weight excluding hydrogens is 593 g/mol. The predicted molar refractivity (Wildman–Crippen MR) is 180 cm³/mol. The van der Waals surface area contributed by atoms with E-state index in [1.807, 2.05) is 24.8 Å². The molecule has 0 amide bonds. The highest BCUT2D eigenvalue weighted by atomic mass is 32.2. The number of thioether (sulfide) groups is 1. The van der Waals surface area contributed by atoms with Gasteiger partial charge in [0.2, 0.25) is 0 Å². The molecule has 0 radical (unpaired) electrons. The van der Waals surface area contributed by atoms with Crippen LogP contribution in [0, 0.1) is 20.8 Å². The van der Waals surface area contributed by atoms with Crippen molar-refractivity contribution < 1.29 is 19.8 Å². The minimum atomic E-state index is -0.851. The van der Waals surface area contributed by atoms with Gasteiger partial charge in [-0.15, -0.1) is 11.8 Å². The van der Waals surface area contributed by atoms with Crippen LogP contribution in [0.3, 0.4) is 0 Å². The van der Waals surface area contributed by atoms with E-state index in [1.54, 1.807) is 0 Å². The smallest absolute Gasteiger partial charge is 0.303 e. The molecule has 1 saturated heterocycles. The van der Waals surface area contributed by atoms with Gasteiger partial charge in [-0.2, -0.15) is 12.6 Å². The number of fused-ring (bicyclic) bond motifs is 9. The number of hydrogen-bond donors (Lipinski definition) is 7. The molecule has 10 heteroatoms. The molecule has 6 rings (SSSR count). The third kappa shape index (κ3) is 5.05. The van der Waals surface area contributed by atoms with Crippen LogP contribution in [0.5, 0.6) is 0 Å². The van der Waals surface area contributed by atoms with Crippen LogP contribution in [0.15, 0.2) is 11.3 Å². The van der Waals surface area contributed by atoms with Crippen molar-refractivity contribution >= 4 is 60.6 Å². The van der Waals surface area contributed by atoms with Crippen molar-refractivity contribution in [3.05, 3.63) is 77.4 Å². The van der Waals surface area contributed by atoms with Gasteiger partial charge in [0.05, 0.1) is 10.8 Å². The van der Waals surface area contributed by atoms with Crippen LogP contribution in [0.1, 0.15) is 83.6 Å².